The summed E-state index contributed by atoms with van der Waals surface area (Å²) >= 11 is 0. The van der Waals surface area contributed by atoms with Crippen LogP contribution in [-0.2, 0) is 4.79 Å². The Hall–Kier alpha value is -2.20. The largest absolute Gasteiger partial charge is 0.370 e. The molecule has 1 aliphatic heterocycles. The first kappa shape index (κ1) is 10.9. The zero-order valence-electron chi connectivity index (χ0n) is 9.80. The van der Waals surface area contributed by atoms with E-state index in [1.165, 1.54) is 25.3 Å². The molecule has 6 heteroatoms. The highest BCUT2D eigenvalue weighted by atomic mass is 16.6. The lowest BCUT2D eigenvalue weighted by molar-refractivity contribution is 0.315. The molecule has 3 rings (SSSR count). The molecule has 1 aromatic heterocycles. The van der Waals surface area contributed by atoms with E-state index < -0.39 is 0 Å². The Morgan fingerprint density at radius 2 is 1.94 bits per heavy atom. The number of rotatable bonds is 2. The summed E-state index contributed by atoms with van der Waals surface area (Å²) in [5.41, 5.74) is 2.62. The Kier molecular flexibility index (Phi) is 2.78. The molecule has 92 valence electrons. The molecule has 1 saturated heterocycles. The molecule has 1 aromatic carbocycles. The molecule has 18 heavy (non-hydrogen) atoms. The third-order valence-corrected chi connectivity index (χ3v) is 3.24. The average molecular weight is 244 g/mol. The van der Waals surface area contributed by atoms with Crippen LogP contribution in [0.25, 0.3) is 11.0 Å². The minimum absolute atomic E-state index is 0.446. The molecule has 1 fully saturated rings. The lowest BCUT2D eigenvalue weighted by Gasteiger charge is -2.28. The molecule has 0 bridgehead atoms. The van der Waals surface area contributed by atoms with Gasteiger partial charge in [0.15, 0.2) is 11.0 Å². The van der Waals surface area contributed by atoms with Gasteiger partial charge in [0.25, 0.3) is 0 Å². The van der Waals surface area contributed by atoms with Crippen molar-refractivity contribution in [1.29, 1.82) is 0 Å². The van der Waals surface area contributed by atoms with Gasteiger partial charge < -0.3 is 4.90 Å². The van der Waals surface area contributed by atoms with Gasteiger partial charge >= 0.3 is 0 Å². The van der Waals surface area contributed by atoms with Crippen LogP contribution in [0.5, 0.6) is 0 Å². The minimum Gasteiger partial charge on any atom is -0.370 e. The topological polar surface area (TPSA) is 71.6 Å². The Labute approximate surface area is 103 Å². The van der Waals surface area contributed by atoms with Crippen LogP contribution in [0.1, 0.15) is 19.3 Å². The number of isocyanates is 1. The van der Waals surface area contributed by atoms with E-state index in [0.29, 0.717) is 16.7 Å². The molecule has 1 aliphatic rings. The summed E-state index contributed by atoms with van der Waals surface area (Å²) in [7, 11) is 0. The van der Waals surface area contributed by atoms with Crippen LogP contribution in [0, 0.1) is 0 Å². The molecule has 6 nitrogen and oxygen atoms in total. The maximum atomic E-state index is 10.3. The average Bonchev–Trinajstić information content (AvgIpc) is 2.90. The van der Waals surface area contributed by atoms with Gasteiger partial charge in [0.1, 0.15) is 5.69 Å². The molecule has 0 spiro atoms. The Balaban J connectivity index is 2.10. The number of fused-ring (bicyclic) bond motifs is 1. The number of hydrogen-bond acceptors (Lipinski definition) is 6. The highest BCUT2D eigenvalue weighted by Crippen LogP contribution is 2.32. The Morgan fingerprint density at radius 3 is 2.72 bits per heavy atom. The molecule has 0 radical (unpaired) electrons. The number of aromatic nitrogens is 2. The van der Waals surface area contributed by atoms with Crippen LogP contribution in [0.15, 0.2) is 21.8 Å². The van der Waals surface area contributed by atoms with Gasteiger partial charge in [-0.25, -0.2) is 9.42 Å². The molecule has 0 N–H and O–H groups in total. The molecule has 0 saturated carbocycles. The number of nitrogens with zero attached hydrogens (tertiary/aromatic N) is 4. The summed E-state index contributed by atoms with van der Waals surface area (Å²) in [4.78, 5) is 16.2. The summed E-state index contributed by atoms with van der Waals surface area (Å²) in [5, 5.41) is 7.73. The fourth-order valence-electron chi connectivity index (χ4n) is 2.37. The maximum absolute atomic E-state index is 10.3. The van der Waals surface area contributed by atoms with Crippen molar-refractivity contribution in [2.45, 2.75) is 19.3 Å². The summed E-state index contributed by atoms with van der Waals surface area (Å²) < 4.78 is 4.77. The zero-order chi connectivity index (χ0) is 12.4. The molecule has 0 unspecified atom stereocenters. The van der Waals surface area contributed by atoms with Crippen molar-refractivity contribution < 1.29 is 9.42 Å². The second-order valence-electron chi connectivity index (χ2n) is 4.32. The second-order valence-corrected chi connectivity index (χ2v) is 4.32. The van der Waals surface area contributed by atoms with Gasteiger partial charge in [-0.15, -0.1) is 0 Å². The monoisotopic (exact) mass is 244 g/mol. The van der Waals surface area contributed by atoms with Crippen LogP contribution in [0.3, 0.4) is 0 Å². The molecule has 0 atom stereocenters. The lowest BCUT2D eigenvalue weighted by atomic mass is 10.1. The Morgan fingerprint density at radius 1 is 1.17 bits per heavy atom. The van der Waals surface area contributed by atoms with Gasteiger partial charge in [0, 0.05) is 13.1 Å². The van der Waals surface area contributed by atoms with E-state index in [-0.39, 0.29) is 0 Å². The van der Waals surface area contributed by atoms with Gasteiger partial charge in [-0.3, -0.25) is 0 Å². The lowest BCUT2D eigenvalue weighted by Crippen LogP contribution is -2.29. The van der Waals surface area contributed by atoms with Crippen molar-refractivity contribution in [2.75, 3.05) is 18.0 Å². The van der Waals surface area contributed by atoms with Gasteiger partial charge in [-0.2, -0.15) is 4.99 Å². The predicted molar refractivity (Wildman–Crippen MR) is 65.6 cm³/mol. The van der Waals surface area contributed by atoms with E-state index >= 15 is 0 Å². The van der Waals surface area contributed by atoms with Crippen molar-refractivity contribution in [3.63, 3.8) is 0 Å². The van der Waals surface area contributed by atoms with Crippen molar-refractivity contribution in [1.82, 2.24) is 10.3 Å². The number of carbonyl (C=O) groups excluding carboxylic acids is 1. The number of hydrogen-bond donors (Lipinski definition) is 0. The van der Waals surface area contributed by atoms with Crippen molar-refractivity contribution >= 4 is 28.5 Å². The maximum Gasteiger partial charge on any atom is 0.240 e. The molecular formula is C12H12N4O2. The van der Waals surface area contributed by atoms with Crippen LogP contribution in [0.4, 0.5) is 11.4 Å². The molecule has 0 amide bonds. The van der Waals surface area contributed by atoms with E-state index in [1.807, 2.05) is 6.07 Å². The second kappa shape index (κ2) is 4.58. The molecule has 2 heterocycles. The number of aliphatic imine (C=N–C) groups is 1. The summed E-state index contributed by atoms with van der Waals surface area (Å²) in [6.07, 6.45) is 5.15. The standard InChI is InChI=1S/C12H12N4O2/c17-8-13-9-4-5-10(12-11(9)14-18-15-12)16-6-2-1-3-7-16/h4-5H,1-3,6-7H2. The molecule has 2 aromatic rings. The normalized spacial score (nSPS) is 15.7. The van der Waals surface area contributed by atoms with E-state index in [4.69, 9.17) is 4.63 Å². The molecule has 0 aliphatic carbocycles. The zero-order valence-corrected chi connectivity index (χ0v) is 9.80. The van der Waals surface area contributed by atoms with Crippen LogP contribution in [-0.4, -0.2) is 29.5 Å². The first-order valence-electron chi connectivity index (χ1n) is 5.98. The van der Waals surface area contributed by atoms with Gasteiger partial charge in [0.2, 0.25) is 6.08 Å². The minimum atomic E-state index is 0.446. The highest BCUT2D eigenvalue weighted by molar-refractivity contribution is 5.95. The highest BCUT2D eigenvalue weighted by Gasteiger charge is 2.18. The Bertz CT molecular complexity index is 610. The van der Waals surface area contributed by atoms with Gasteiger partial charge in [0.05, 0.1) is 5.69 Å². The van der Waals surface area contributed by atoms with Crippen LogP contribution < -0.4 is 4.90 Å². The quantitative estimate of drug-likeness (QED) is 0.598. The summed E-state index contributed by atoms with van der Waals surface area (Å²) in [6.45, 7) is 2.02. The van der Waals surface area contributed by atoms with Crippen LogP contribution in [0.2, 0.25) is 0 Å². The van der Waals surface area contributed by atoms with E-state index in [2.05, 4.69) is 20.2 Å². The summed E-state index contributed by atoms with van der Waals surface area (Å²) in [6, 6.07) is 3.66. The van der Waals surface area contributed by atoms with Crippen LogP contribution >= 0.6 is 0 Å². The van der Waals surface area contributed by atoms with Gasteiger partial charge in [-0.05, 0) is 41.7 Å². The smallest absolute Gasteiger partial charge is 0.240 e. The van der Waals surface area contributed by atoms with Crippen molar-refractivity contribution in [2.24, 2.45) is 4.99 Å². The van der Waals surface area contributed by atoms with Gasteiger partial charge in [-0.1, -0.05) is 0 Å². The third kappa shape index (κ3) is 1.76. The first-order valence-corrected chi connectivity index (χ1v) is 5.98. The van der Waals surface area contributed by atoms with Crippen molar-refractivity contribution in [3.05, 3.63) is 12.1 Å². The molecular weight excluding hydrogens is 232 g/mol. The fourth-order valence-corrected chi connectivity index (χ4v) is 2.37. The summed E-state index contributed by atoms with van der Waals surface area (Å²) in [5.74, 6) is 0. The SMILES string of the molecule is O=C=Nc1ccc(N2CCCCC2)c2nonc12. The number of benzene rings is 1. The third-order valence-electron chi connectivity index (χ3n) is 3.24. The first-order chi connectivity index (χ1) is 8.90. The number of anilines is 1. The number of piperidine rings is 1. The predicted octanol–water partition coefficient (Wildman–Crippen LogP) is 2.18. The van der Waals surface area contributed by atoms with E-state index in [1.54, 1.807) is 6.07 Å². The van der Waals surface area contributed by atoms with E-state index in [0.717, 1.165) is 18.8 Å². The van der Waals surface area contributed by atoms with Crippen molar-refractivity contribution in [3.8, 4) is 0 Å². The van der Waals surface area contributed by atoms with E-state index in [9.17, 15) is 4.79 Å². The fraction of sp³-hybridized carbons (Fsp3) is 0.417.